The number of halogens is 1. The lowest BCUT2D eigenvalue weighted by Crippen LogP contribution is -2.20. The molecule has 0 amide bonds. The molecule has 0 unspecified atom stereocenters. The van der Waals surface area contributed by atoms with Gasteiger partial charge in [0.2, 0.25) is 5.95 Å². The number of aromatic amines is 1. The van der Waals surface area contributed by atoms with E-state index >= 15 is 0 Å². The number of H-pyrrole nitrogens is 1. The predicted octanol–water partition coefficient (Wildman–Crippen LogP) is 4.46. The van der Waals surface area contributed by atoms with Crippen molar-refractivity contribution in [2.24, 2.45) is 0 Å². The van der Waals surface area contributed by atoms with Crippen molar-refractivity contribution in [1.29, 1.82) is 0 Å². The number of anilines is 1. The summed E-state index contributed by atoms with van der Waals surface area (Å²) in [6.45, 7) is 1.89. The molecule has 0 fully saturated rings. The highest BCUT2D eigenvalue weighted by atomic mass is 35.5. The third-order valence-electron chi connectivity index (χ3n) is 4.98. The van der Waals surface area contributed by atoms with Crippen LogP contribution in [0, 0.1) is 0 Å². The molecule has 0 spiro atoms. The van der Waals surface area contributed by atoms with Gasteiger partial charge in [-0.1, -0.05) is 17.7 Å². The normalized spacial score (nSPS) is 12.3. The van der Waals surface area contributed by atoms with Crippen LogP contribution in [-0.4, -0.2) is 24.3 Å². The van der Waals surface area contributed by atoms with Crippen molar-refractivity contribution in [3.63, 3.8) is 0 Å². The van der Waals surface area contributed by atoms with Crippen molar-refractivity contribution < 1.29 is 0 Å². The number of nitrogens with one attached hydrogen (secondary N) is 2. The van der Waals surface area contributed by atoms with Gasteiger partial charge >= 0.3 is 0 Å². The highest BCUT2D eigenvalue weighted by molar-refractivity contribution is 6.31. The third kappa shape index (κ3) is 3.29. The zero-order valence-electron chi connectivity index (χ0n) is 16.0. The van der Waals surface area contributed by atoms with Gasteiger partial charge in [-0.15, -0.1) is 0 Å². The molecule has 0 aliphatic carbocycles. The average molecular weight is 417 g/mol. The molecule has 148 valence electrons. The second-order valence-corrected chi connectivity index (χ2v) is 7.43. The van der Waals surface area contributed by atoms with Crippen LogP contribution in [0.25, 0.3) is 27.9 Å². The molecule has 0 aliphatic rings. The van der Waals surface area contributed by atoms with Gasteiger partial charge in [-0.05, 0) is 49.4 Å². The number of pyridine rings is 2. The Balaban J connectivity index is 1.48. The van der Waals surface area contributed by atoms with Gasteiger partial charge in [0.25, 0.3) is 5.56 Å². The SMILES string of the molecule is C[C@H](Nc1nccc(-c2cnc3ccccn23)n1)c1cc2cc(Cl)ccc2[nH]c1=O. The molecule has 5 aromatic rings. The number of rotatable bonds is 4. The maximum Gasteiger partial charge on any atom is 0.253 e. The average Bonchev–Trinajstić information content (AvgIpc) is 3.18. The summed E-state index contributed by atoms with van der Waals surface area (Å²) in [6.07, 6.45) is 5.40. The molecule has 7 nitrogen and oxygen atoms in total. The summed E-state index contributed by atoms with van der Waals surface area (Å²) in [5.74, 6) is 0.427. The zero-order chi connectivity index (χ0) is 20.7. The first kappa shape index (κ1) is 18.3. The van der Waals surface area contributed by atoms with Crippen LogP contribution in [0.4, 0.5) is 5.95 Å². The maximum absolute atomic E-state index is 12.6. The molecule has 4 heterocycles. The van der Waals surface area contributed by atoms with Gasteiger partial charge in [0.05, 0.1) is 23.6 Å². The Hall–Kier alpha value is -3.71. The molecule has 0 aliphatic heterocycles. The lowest BCUT2D eigenvalue weighted by Gasteiger charge is -2.14. The van der Waals surface area contributed by atoms with Crippen molar-refractivity contribution in [1.82, 2.24) is 24.3 Å². The van der Waals surface area contributed by atoms with Crippen molar-refractivity contribution in [3.8, 4) is 11.4 Å². The topological polar surface area (TPSA) is 88.0 Å². The van der Waals surface area contributed by atoms with E-state index < -0.39 is 0 Å². The second-order valence-electron chi connectivity index (χ2n) is 6.99. The van der Waals surface area contributed by atoms with Crippen LogP contribution in [0.1, 0.15) is 18.5 Å². The molecule has 0 radical (unpaired) electrons. The van der Waals surface area contributed by atoms with Crippen molar-refractivity contribution in [3.05, 3.63) is 88.1 Å². The minimum Gasteiger partial charge on any atom is -0.347 e. The number of nitrogens with zero attached hydrogens (tertiary/aromatic N) is 4. The highest BCUT2D eigenvalue weighted by Gasteiger charge is 2.14. The van der Waals surface area contributed by atoms with E-state index in [4.69, 9.17) is 11.6 Å². The van der Waals surface area contributed by atoms with E-state index in [1.165, 1.54) is 0 Å². The van der Waals surface area contributed by atoms with E-state index in [0.29, 0.717) is 16.5 Å². The third-order valence-corrected chi connectivity index (χ3v) is 5.22. The van der Waals surface area contributed by atoms with Crippen LogP contribution < -0.4 is 10.9 Å². The van der Waals surface area contributed by atoms with Crippen molar-refractivity contribution in [2.45, 2.75) is 13.0 Å². The first-order valence-corrected chi connectivity index (χ1v) is 9.81. The summed E-state index contributed by atoms with van der Waals surface area (Å²) in [6, 6.07) is 14.5. The van der Waals surface area contributed by atoms with Crippen LogP contribution >= 0.6 is 11.6 Å². The summed E-state index contributed by atoms with van der Waals surface area (Å²) in [5, 5.41) is 4.71. The maximum atomic E-state index is 12.6. The molecule has 0 bridgehead atoms. The van der Waals surface area contributed by atoms with Gasteiger partial charge in [0.1, 0.15) is 5.65 Å². The Morgan fingerprint density at radius 1 is 1.13 bits per heavy atom. The smallest absolute Gasteiger partial charge is 0.253 e. The van der Waals surface area contributed by atoms with E-state index in [-0.39, 0.29) is 11.6 Å². The lowest BCUT2D eigenvalue weighted by molar-refractivity contribution is 0.845. The summed E-state index contributed by atoms with van der Waals surface area (Å²) < 4.78 is 1.97. The molecule has 0 saturated heterocycles. The van der Waals surface area contributed by atoms with Crippen LogP contribution in [0.5, 0.6) is 0 Å². The fourth-order valence-corrected chi connectivity index (χ4v) is 3.66. The molecule has 30 heavy (non-hydrogen) atoms. The van der Waals surface area contributed by atoms with Gasteiger partial charge in [-0.3, -0.25) is 9.20 Å². The molecule has 5 rings (SSSR count). The van der Waals surface area contributed by atoms with Crippen LogP contribution in [0.15, 0.2) is 71.9 Å². The summed E-state index contributed by atoms with van der Waals surface area (Å²) in [4.78, 5) is 28.8. The number of imidazole rings is 1. The van der Waals surface area contributed by atoms with Gasteiger partial charge < -0.3 is 10.3 Å². The zero-order valence-corrected chi connectivity index (χ0v) is 16.8. The minimum absolute atomic E-state index is 0.164. The Kier molecular flexibility index (Phi) is 4.44. The Labute approximate surface area is 176 Å². The minimum atomic E-state index is -0.311. The predicted molar refractivity (Wildman–Crippen MR) is 118 cm³/mol. The lowest BCUT2D eigenvalue weighted by atomic mass is 10.1. The standard InChI is InChI=1S/C22H17ClN6O/c1-13(16-11-14-10-15(23)5-6-17(14)27-21(16)30)26-22-24-8-7-18(28-22)19-12-25-20-4-2-3-9-29(19)20/h2-13H,1H3,(H,27,30)(H,24,26,28)/t13-/m0/s1. The van der Waals surface area contributed by atoms with Gasteiger partial charge in [-0.25, -0.2) is 15.0 Å². The number of fused-ring (bicyclic) bond motifs is 2. The quantitative estimate of drug-likeness (QED) is 0.451. The fraction of sp³-hybridized carbons (Fsp3) is 0.0909. The van der Waals surface area contributed by atoms with E-state index in [0.717, 1.165) is 27.9 Å². The Morgan fingerprint density at radius 3 is 2.93 bits per heavy atom. The first-order valence-electron chi connectivity index (χ1n) is 9.43. The Bertz CT molecular complexity index is 1440. The molecule has 1 atom stereocenters. The summed E-state index contributed by atoms with van der Waals surface area (Å²) in [5.41, 5.74) is 3.59. The molecule has 4 aromatic heterocycles. The fourth-order valence-electron chi connectivity index (χ4n) is 3.48. The first-order chi connectivity index (χ1) is 14.6. The molecule has 2 N–H and O–H groups in total. The van der Waals surface area contributed by atoms with Crippen LogP contribution in [0.3, 0.4) is 0 Å². The van der Waals surface area contributed by atoms with Gasteiger partial charge in [0.15, 0.2) is 0 Å². The van der Waals surface area contributed by atoms with E-state index in [1.54, 1.807) is 24.5 Å². The molecule has 8 heteroatoms. The van der Waals surface area contributed by atoms with Gasteiger partial charge in [-0.2, -0.15) is 0 Å². The van der Waals surface area contributed by atoms with Crippen molar-refractivity contribution >= 4 is 34.1 Å². The largest absolute Gasteiger partial charge is 0.347 e. The number of hydrogen-bond acceptors (Lipinski definition) is 5. The molecule has 1 aromatic carbocycles. The van der Waals surface area contributed by atoms with E-state index in [2.05, 4.69) is 25.3 Å². The molecular weight excluding hydrogens is 400 g/mol. The highest BCUT2D eigenvalue weighted by Crippen LogP contribution is 2.23. The monoisotopic (exact) mass is 416 g/mol. The number of aromatic nitrogens is 5. The number of benzene rings is 1. The molecular formula is C22H17ClN6O. The van der Waals surface area contributed by atoms with E-state index in [1.807, 2.05) is 53.9 Å². The van der Waals surface area contributed by atoms with E-state index in [9.17, 15) is 4.79 Å². The van der Waals surface area contributed by atoms with Crippen LogP contribution in [0.2, 0.25) is 5.02 Å². The number of hydrogen-bond donors (Lipinski definition) is 2. The van der Waals surface area contributed by atoms with Gasteiger partial charge in [0, 0.05) is 33.9 Å². The van der Waals surface area contributed by atoms with Crippen LogP contribution in [-0.2, 0) is 0 Å². The Morgan fingerprint density at radius 2 is 2.03 bits per heavy atom. The summed E-state index contributed by atoms with van der Waals surface area (Å²) >= 11 is 6.09. The van der Waals surface area contributed by atoms with Crippen molar-refractivity contribution in [2.75, 3.05) is 5.32 Å². The second kappa shape index (κ2) is 7.27. The summed E-state index contributed by atoms with van der Waals surface area (Å²) in [7, 11) is 0. The molecule has 0 saturated carbocycles.